The Balaban J connectivity index is 1.44. The van der Waals surface area contributed by atoms with Gasteiger partial charge in [-0.2, -0.15) is 0 Å². The molecule has 2 aromatic heterocycles. The molecule has 1 aromatic carbocycles. The van der Waals surface area contributed by atoms with Crippen LogP contribution in [0.3, 0.4) is 0 Å². The summed E-state index contributed by atoms with van der Waals surface area (Å²) in [7, 11) is 1.75. The van der Waals surface area contributed by atoms with Crippen LogP contribution in [0, 0.1) is 0 Å². The smallest absolute Gasteiger partial charge is 0.273 e. The maximum atomic E-state index is 12.5. The molecule has 1 aliphatic heterocycles. The van der Waals surface area contributed by atoms with E-state index < -0.39 is 0 Å². The number of hydrogen-bond acceptors (Lipinski definition) is 5. The van der Waals surface area contributed by atoms with Gasteiger partial charge < -0.3 is 14.4 Å². The zero-order valence-electron chi connectivity index (χ0n) is 12.5. The van der Waals surface area contributed by atoms with Crippen LogP contribution in [0.1, 0.15) is 10.5 Å². The van der Waals surface area contributed by atoms with E-state index in [-0.39, 0.29) is 12.0 Å². The average Bonchev–Trinajstić information content (AvgIpc) is 3.15. The van der Waals surface area contributed by atoms with Crippen LogP contribution in [0.5, 0.6) is 11.5 Å². The van der Waals surface area contributed by atoms with Gasteiger partial charge in [-0.1, -0.05) is 12.1 Å². The average molecular weight is 329 g/mol. The summed E-state index contributed by atoms with van der Waals surface area (Å²) in [6.45, 7) is 0.866. The maximum Gasteiger partial charge on any atom is 0.273 e. The van der Waals surface area contributed by atoms with E-state index >= 15 is 0 Å². The number of thiazole rings is 1. The van der Waals surface area contributed by atoms with Crippen LogP contribution in [-0.4, -0.2) is 46.5 Å². The third-order valence-corrected chi connectivity index (χ3v) is 4.47. The minimum Gasteiger partial charge on any atom is -0.486 e. The number of hydrogen-bond donors (Lipinski definition) is 0. The van der Waals surface area contributed by atoms with Crippen molar-refractivity contribution in [2.75, 3.05) is 20.2 Å². The predicted molar refractivity (Wildman–Crippen MR) is 86.4 cm³/mol. The molecular formula is C16H15N3O3S. The number of aromatic nitrogens is 2. The number of benzene rings is 1. The predicted octanol–water partition coefficient (Wildman–Crippen LogP) is 2.31. The van der Waals surface area contributed by atoms with Crippen molar-refractivity contribution in [3.8, 4) is 11.5 Å². The van der Waals surface area contributed by atoms with Crippen molar-refractivity contribution in [1.29, 1.82) is 0 Å². The molecule has 1 unspecified atom stereocenters. The van der Waals surface area contributed by atoms with E-state index in [4.69, 9.17) is 9.47 Å². The molecule has 23 heavy (non-hydrogen) atoms. The molecule has 0 aliphatic carbocycles. The molecule has 4 rings (SSSR count). The van der Waals surface area contributed by atoms with Crippen LogP contribution in [-0.2, 0) is 0 Å². The monoisotopic (exact) mass is 329 g/mol. The Labute approximate surface area is 136 Å². The molecule has 0 fully saturated rings. The third kappa shape index (κ3) is 2.63. The van der Waals surface area contributed by atoms with Gasteiger partial charge in [0.05, 0.1) is 6.54 Å². The lowest BCUT2D eigenvalue weighted by molar-refractivity contribution is 0.0518. The lowest BCUT2D eigenvalue weighted by Crippen LogP contribution is -2.41. The third-order valence-electron chi connectivity index (χ3n) is 3.70. The van der Waals surface area contributed by atoms with Crippen molar-refractivity contribution in [3.05, 3.63) is 47.7 Å². The van der Waals surface area contributed by atoms with E-state index in [1.165, 1.54) is 11.3 Å². The fraction of sp³-hybridized carbons (Fsp3) is 0.250. The summed E-state index contributed by atoms with van der Waals surface area (Å²) >= 11 is 1.50. The fourth-order valence-corrected chi connectivity index (χ4v) is 3.27. The van der Waals surface area contributed by atoms with Crippen LogP contribution in [0.25, 0.3) is 4.96 Å². The molecule has 0 spiro atoms. The van der Waals surface area contributed by atoms with E-state index in [0.717, 1.165) is 10.7 Å². The first-order valence-electron chi connectivity index (χ1n) is 7.27. The second-order valence-electron chi connectivity index (χ2n) is 5.40. The van der Waals surface area contributed by atoms with Crippen LogP contribution in [0.15, 0.2) is 42.0 Å². The Morgan fingerprint density at radius 1 is 1.43 bits per heavy atom. The molecule has 1 aliphatic rings. The van der Waals surface area contributed by atoms with Gasteiger partial charge in [-0.15, -0.1) is 11.3 Å². The van der Waals surface area contributed by atoms with Gasteiger partial charge in [0, 0.05) is 24.8 Å². The highest BCUT2D eigenvalue weighted by molar-refractivity contribution is 7.15. The minimum atomic E-state index is -0.192. The number of rotatable bonds is 3. The van der Waals surface area contributed by atoms with Crippen molar-refractivity contribution >= 4 is 22.2 Å². The van der Waals surface area contributed by atoms with Crippen LogP contribution < -0.4 is 9.47 Å². The van der Waals surface area contributed by atoms with E-state index in [0.29, 0.717) is 24.6 Å². The summed E-state index contributed by atoms with van der Waals surface area (Å²) in [5.41, 5.74) is 0.441. The first-order chi connectivity index (χ1) is 11.2. The molecule has 0 saturated heterocycles. The first-order valence-corrected chi connectivity index (χ1v) is 8.15. The molecule has 3 heterocycles. The number of carbonyl (C=O) groups is 1. The molecular weight excluding hydrogens is 314 g/mol. The van der Waals surface area contributed by atoms with E-state index in [1.54, 1.807) is 18.1 Å². The molecule has 0 N–H and O–H groups in total. The zero-order chi connectivity index (χ0) is 15.8. The number of para-hydroxylation sites is 2. The molecule has 7 heteroatoms. The highest BCUT2D eigenvalue weighted by Gasteiger charge is 2.25. The van der Waals surface area contributed by atoms with Gasteiger partial charge in [0.2, 0.25) is 0 Å². The first kappa shape index (κ1) is 14.1. The molecule has 0 saturated carbocycles. The zero-order valence-corrected chi connectivity index (χ0v) is 13.3. The Morgan fingerprint density at radius 3 is 3.09 bits per heavy atom. The number of carbonyl (C=O) groups excluding carboxylic acids is 1. The minimum absolute atomic E-state index is 0.122. The highest BCUT2D eigenvalue weighted by atomic mass is 32.1. The van der Waals surface area contributed by atoms with Crippen LogP contribution in [0.4, 0.5) is 0 Å². The van der Waals surface area contributed by atoms with E-state index in [1.807, 2.05) is 40.2 Å². The van der Waals surface area contributed by atoms with Crippen molar-refractivity contribution in [3.63, 3.8) is 0 Å². The second kappa shape index (κ2) is 5.58. The lowest BCUT2D eigenvalue weighted by atomic mass is 10.2. The van der Waals surface area contributed by atoms with Crippen molar-refractivity contribution in [2.45, 2.75) is 6.10 Å². The van der Waals surface area contributed by atoms with Gasteiger partial charge in [0.15, 0.2) is 22.6 Å². The topological polar surface area (TPSA) is 56.1 Å². The number of amides is 1. The van der Waals surface area contributed by atoms with Crippen molar-refractivity contribution in [2.24, 2.45) is 0 Å². The van der Waals surface area contributed by atoms with E-state index in [9.17, 15) is 4.79 Å². The Morgan fingerprint density at radius 2 is 2.26 bits per heavy atom. The number of nitrogens with zero attached hydrogens (tertiary/aromatic N) is 3. The fourth-order valence-electron chi connectivity index (χ4n) is 2.57. The molecule has 0 radical (unpaired) electrons. The van der Waals surface area contributed by atoms with Crippen LogP contribution >= 0.6 is 11.3 Å². The Bertz CT molecular complexity index is 829. The molecule has 118 valence electrons. The number of fused-ring (bicyclic) bond motifs is 2. The summed E-state index contributed by atoms with van der Waals surface area (Å²) in [6.07, 6.45) is 3.44. The molecule has 0 bridgehead atoms. The summed E-state index contributed by atoms with van der Waals surface area (Å²) in [5.74, 6) is 1.34. The Kier molecular flexibility index (Phi) is 3.42. The van der Waals surface area contributed by atoms with Crippen molar-refractivity contribution in [1.82, 2.24) is 14.3 Å². The van der Waals surface area contributed by atoms with Gasteiger partial charge >= 0.3 is 0 Å². The van der Waals surface area contributed by atoms with Gasteiger partial charge in [0.1, 0.15) is 12.3 Å². The summed E-state index contributed by atoms with van der Waals surface area (Å²) in [6, 6.07) is 7.55. The maximum absolute atomic E-state index is 12.5. The second-order valence-corrected chi connectivity index (χ2v) is 6.28. The number of imidazole rings is 1. The number of likely N-dealkylation sites (N-methyl/N-ethyl adjacent to an activating group) is 1. The van der Waals surface area contributed by atoms with Gasteiger partial charge in [-0.25, -0.2) is 4.98 Å². The van der Waals surface area contributed by atoms with Gasteiger partial charge in [0.25, 0.3) is 5.91 Å². The summed E-state index contributed by atoms with van der Waals surface area (Å²) in [5, 5.41) is 1.94. The van der Waals surface area contributed by atoms with Crippen LogP contribution in [0.2, 0.25) is 0 Å². The standard InChI is InChI=1S/C16H15N3O3S/c1-18(15(20)12-9-19-6-7-23-16(19)17-12)8-11-10-21-13-4-2-3-5-14(13)22-11/h2-7,9,11H,8,10H2,1H3. The highest BCUT2D eigenvalue weighted by Crippen LogP contribution is 2.31. The largest absolute Gasteiger partial charge is 0.486 e. The van der Waals surface area contributed by atoms with Gasteiger partial charge in [-0.3, -0.25) is 9.20 Å². The molecule has 6 nitrogen and oxygen atoms in total. The summed E-state index contributed by atoms with van der Waals surface area (Å²) in [4.78, 5) is 19.3. The normalized spacial score (nSPS) is 16.5. The molecule has 1 amide bonds. The number of ether oxygens (including phenoxy) is 2. The Hall–Kier alpha value is -2.54. The quantitative estimate of drug-likeness (QED) is 0.740. The van der Waals surface area contributed by atoms with Crippen molar-refractivity contribution < 1.29 is 14.3 Å². The van der Waals surface area contributed by atoms with Gasteiger partial charge in [-0.05, 0) is 12.1 Å². The lowest BCUT2D eigenvalue weighted by Gasteiger charge is -2.29. The summed E-state index contributed by atoms with van der Waals surface area (Å²) < 4.78 is 13.4. The molecule has 1 atom stereocenters. The SMILES string of the molecule is CN(CC1COc2ccccc2O1)C(=O)c1cn2ccsc2n1. The van der Waals surface area contributed by atoms with E-state index in [2.05, 4.69) is 4.98 Å². The molecule has 3 aromatic rings.